The van der Waals surface area contributed by atoms with E-state index < -0.39 is 0 Å². The lowest BCUT2D eigenvalue weighted by Gasteiger charge is -2.19. The average Bonchev–Trinajstić information content (AvgIpc) is 2.67. The summed E-state index contributed by atoms with van der Waals surface area (Å²) in [6.45, 7) is 7.71. The molecular formula is C21H28N2O3. The van der Waals surface area contributed by atoms with Crippen LogP contribution in [0.4, 0.5) is 5.69 Å². The highest BCUT2D eigenvalue weighted by molar-refractivity contribution is 5.94. The maximum absolute atomic E-state index is 12.4. The zero-order chi connectivity index (χ0) is 18.8. The summed E-state index contributed by atoms with van der Waals surface area (Å²) in [4.78, 5) is 14.7. The van der Waals surface area contributed by atoms with Crippen LogP contribution >= 0.6 is 0 Å². The predicted molar refractivity (Wildman–Crippen MR) is 105 cm³/mol. The number of carbonyl (C=O) groups is 1. The van der Waals surface area contributed by atoms with Crippen molar-refractivity contribution >= 4 is 11.6 Å². The highest BCUT2D eigenvalue weighted by Crippen LogP contribution is 2.25. The molecule has 0 unspecified atom stereocenters. The zero-order valence-corrected chi connectivity index (χ0v) is 15.8. The monoisotopic (exact) mass is 356 g/mol. The highest BCUT2D eigenvalue weighted by Gasteiger charge is 2.11. The van der Waals surface area contributed by atoms with Gasteiger partial charge in [0.25, 0.3) is 0 Å². The minimum atomic E-state index is -0.103. The van der Waals surface area contributed by atoms with E-state index in [9.17, 15) is 4.79 Å². The second-order valence-electron chi connectivity index (χ2n) is 5.91. The van der Waals surface area contributed by atoms with Gasteiger partial charge in [-0.25, -0.2) is 0 Å². The summed E-state index contributed by atoms with van der Waals surface area (Å²) in [5, 5.41) is 2.94. The van der Waals surface area contributed by atoms with Crippen molar-refractivity contribution in [1.82, 2.24) is 4.90 Å². The molecule has 0 radical (unpaired) electrons. The van der Waals surface area contributed by atoms with Crippen molar-refractivity contribution in [2.45, 2.75) is 20.3 Å². The molecule has 0 aliphatic heterocycles. The van der Waals surface area contributed by atoms with Gasteiger partial charge >= 0.3 is 0 Å². The standard InChI is InChI=1S/C21H28N2O3/c1-4-23(5-2)14-15-26-20-13-9-7-11-18(20)22-21(24)16-17-10-6-8-12-19(17)25-3/h6-13H,4-5,14-16H2,1-3H3,(H,22,24). The zero-order valence-electron chi connectivity index (χ0n) is 15.8. The lowest BCUT2D eigenvalue weighted by Crippen LogP contribution is -2.28. The van der Waals surface area contributed by atoms with Crippen molar-refractivity contribution in [1.29, 1.82) is 0 Å². The van der Waals surface area contributed by atoms with Crippen molar-refractivity contribution in [3.8, 4) is 11.5 Å². The molecule has 0 atom stereocenters. The van der Waals surface area contributed by atoms with E-state index in [4.69, 9.17) is 9.47 Å². The molecule has 0 spiro atoms. The molecule has 0 heterocycles. The third kappa shape index (κ3) is 5.77. The Labute approximate surface area is 155 Å². The molecule has 2 aromatic carbocycles. The number of amides is 1. The lowest BCUT2D eigenvalue weighted by molar-refractivity contribution is -0.115. The van der Waals surface area contributed by atoms with Crippen LogP contribution in [0.2, 0.25) is 0 Å². The number of nitrogens with zero attached hydrogens (tertiary/aromatic N) is 1. The minimum absolute atomic E-state index is 0.103. The fraction of sp³-hybridized carbons (Fsp3) is 0.381. The van der Waals surface area contributed by atoms with Crippen LogP contribution in [0.15, 0.2) is 48.5 Å². The Morgan fingerprint density at radius 2 is 1.65 bits per heavy atom. The van der Waals surface area contributed by atoms with Crippen molar-refractivity contribution in [2.24, 2.45) is 0 Å². The summed E-state index contributed by atoms with van der Waals surface area (Å²) in [7, 11) is 1.61. The second-order valence-corrected chi connectivity index (χ2v) is 5.91. The van der Waals surface area contributed by atoms with E-state index >= 15 is 0 Å². The Bertz CT molecular complexity index is 699. The molecule has 0 bridgehead atoms. The number of hydrogen-bond acceptors (Lipinski definition) is 4. The van der Waals surface area contributed by atoms with Crippen molar-refractivity contribution < 1.29 is 14.3 Å². The van der Waals surface area contributed by atoms with Crippen LogP contribution in [0.1, 0.15) is 19.4 Å². The molecule has 1 amide bonds. The molecule has 2 aromatic rings. The Morgan fingerprint density at radius 3 is 2.35 bits per heavy atom. The molecule has 0 saturated heterocycles. The number of ether oxygens (including phenoxy) is 2. The van der Waals surface area contributed by atoms with Crippen molar-refractivity contribution in [2.75, 3.05) is 38.7 Å². The summed E-state index contributed by atoms with van der Waals surface area (Å²) in [6.07, 6.45) is 0.248. The highest BCUT2D eigenvalue weighted by atomic mass is 16.5. The first-order valence-corrected chi connectivity index (χ1v) is 9.03. The van der Waals surface area contributed by atoms with E-state index in [0.717, 1.165) is 25.2 Å². The summed E-state index contributed by atoms with van der Waals surface area (Å²) in [6, 6.07) is 15.1. The number of para-hydroxylation sites is 3. The Balaban J connectivity index is 1.97. The van der Waals surface area contributed by atoms with Crippen molar-refractivity contribution in [3.63, 3.8) is 0 Å². The molecule has 1 N–H and O–H groups in total. The van der Waals surface area contributed by atoms with E-state index in [2.05, 4.69) is 24.1 Å². The number of anilines is 1. The van der Waals surface area contributed by atoms with Gasteiger partial charge in [-0.2, -0.15) is 0 Å². The smallest absolute Gasteiger partial charge is 0.229 e. The fourth-order valence-corrected chi connectivity index (χ4v) is 2.74. The first kappa shape index (κ1) is 19.8. The largest absolute Gasteiger partial charge is 0.496 e. The number of hydrogen-bond donors (Lipinski definition) is 1. The first-order valence-electron chi connectivity index (χ1n) is 9.03. The minimum Gasteiger partial charge on any atom is -0.496 e. The molecule has 140 valence electrons. The summed E-state index contributed by atoms with van der Waals surface area (Å²) in [5.74, 6) is 1.30. The van der Waals surface area contributed by atoms with Crippen LogP contribution in [-0.4, -0.2) is 44.2 Å². The summed E-state index contributed by atoms with van der Waals surface area (Å²) >= 11 is 0. The first-order chi connectivity index (χ1) is 12.7. The second kappa shape index (κ2) is 10.5. The molecule has 0 aliphatic rings. The van der Waals surface area contributed by atoms with Crippen LogP contribution in [0.5, 0.6) is 11.5 Å². The van der Waals surface area contributed by atoms with Gasteiger partial charge < -0.3 is 19.7 Å². The van der Waals surface area contributed by atoms with Gasteiger partial charge in [-0.3, -0.25) is 4.79 Å². The van der Waals surface area contributed by atoms with Gasteiger partial charge in [0.15, 0.2) is 0 Å². The number of benzene rings is 2. The number of methoxy groups -OCH3 is 1. The molecule has 0 aliphatic carbocycles. The molecular weight excluding hydrogens is 328 g/mol. The number of nitrogens with one attached hydrogen (secondary N) is 1. The van der Waals surface area contributed by atoms with Gasteiger partial charge in [-0.15, -0.1) is 0 Å². The Hall–Kier alpha value is -2.53. The normalized spacial score (nSPS) is 10.6. The molecule has 2 rings (SSSR count). The Morgan fingerprint density at radius 1 is 1.00 bits per heavy atom. The molecule has 0 aromatic heterocycles. The SMILES string of the molecule is CCN(CC)CCOc1ccccc1NC(=O)Cc1ccccc1OC. The third-order valence-electron chi connectivity index (χ3n) is 4.26. The van der Waals surface area contributed by atoms with Gasteiger partial charge in [-0.05, 0) is 31.3 Å². The quantitative estimate of drug-likeness (QED) is 0.707. The van der Waals surface area contributed by atoms with Gasteiger partial charge in [0.2, 0.25) is 5.91 Å². The third-order valence-corrected chi connectivity index (χ3v) is 4.26. The molecule has 5 nitrogen and oxygen atoms in total. The van der Waals surface area contributed by atoms with Crippen LogP contribution in [-0.2, 0) is 11.2 Å². The molecule has 0 saturated carbocycles. The van der Waals surface area contributed by atoms with Crippen LogP contribution in [0.25, 0.3) is 0 Å². The van der Waals surface area contributed by atoms with Crippen LogP contribution in [0.3, 0.4) is 0 Å². The van der Waals surface area contributed by atoms with E-state index in [-0.39, 0.29) is 12.3 Å². The maximum Gasteiger partial charge on any atom is 0.229 e. The van der Waals surface area contributed by atoms with Gasteiger partial charge in [0, 0.05) is 12.1 Å². The van der Waals surface area contributed by atoms with E-state index in [0.29, 0.717) is 23.8 Å². The number of likely N-dealkylation sites (N-methyl/N-ethyl adjacent to an activating group) is 1. The molecule has 26 heavy (non-hydrogen) atoms. The molecule has 0 fully saturated rings. The number of rotatable bonds is 10. The van der Waals surface area contributed by atoms with E-state index in [1.807, 2.05) is 48.5 Å². The van der Waals surface area contributed by atoms with Crippen LogP contribution in [0, 0.1) is 0 Å². The van der Waals surface area contributed by atoms with E-state index in [1.165, 1.54) is 0 Å². The fourth-order valence-electron chi connectivity index (χ4n) is 2.74. The van der Waals surface area contributed by atoms with Crippen LogP contribution < -0.4 is 14.8 Å². The summed E-state index contributed by atoms with van der Waals surface area (Å²) < 4.78 is 11.2. The van der Waals surface area contributed by atoms with Gasteiger partial charge in [0.05, 0.1) is 19.2 Å². The summed E-state index contributed by atoms with van der Waals surface area (Å²) in [5.41, 5.74) is 1.54. The molecule has 5 heteroatoms. The average molecular weight is 356 g/mol. The van der Waals surface area contributed by atoms with Crippen molar-refractivity contribution in [3.05, 3.63) is 54.1 Å². The predicted octanol–water partition coefficient (Wildman–Crippen LogP) is 3.60. The van der Waals surface area contributed by atoms with E-state index in [1.54, 1.807) is 7.11 Å². The van der Waals surface area contributed by atoms with Gasteiger partial charge in [0.1, 0.15) is 18.1 Å². The van der Waals surface area contributed by atoms with Gasteiger partial charge in [-0.1, -0.05) is 44.2 Å². The number of carbonyl (C=O) groups excluding carboxylic acids is 1. The lowest BCUT2D eigenvalue weighted by atomic mass is 10.1. The topological polar surface area (TPSA) is 50.8 Å². The maximum atomic E-state index is 12.4. The Kier molecular flexibility index (Phi) is 7.96.